The number of carboxylic acid groups (broad SMARTS) is 1. The normalized spacial score (nSPS) is 25.5. The lowest BCUT2D eigenvalue weighted by Gasteiger charge is -2.27. The van der Waals surface area contributed by atoms with Crippen molar-refractivity contribution in [2.75, 3.05) is 0 Å². The Kier molecular flexibility index (Phi) is 4.97. The van der Waals surface area contributed by atoms with E-state index < -0.39 is 12.0 Å². The first kappa shape index (κ1) is 14.1. The van der Waals surface area contributed by atoms with Crippen molar-refractivity contribution in [2.45, 2.75) is 51.1 Å². The summed E-state index contributed by atoms with van der Waals surface area (Å²) in [5.74, 6) is -0.240. The Morgan fingerprint density at radius 2 is 1.89 bits per heavy atom. The molecule has 3 unspecified atom stereocenters. The van der Waals surface area contributed by atoms with Gasteiger partial charge in [0.2, 0.25) is 0 Å². The van der Waals surface area contributed by atoms with Crippen molar-refractivity contribution in [1.29, 1.82) is 0 Å². The number of aliphatic carboxylic acids is 1. The van der Waals surface area contributed by atoms with Crippen LogP contribution in [0.15, 0.2) is 30.3 Å². The van der Waals surface area contributed by atoms with Crippen LogP contribution < -0.4 is 5.32 Å². The molecule has 0 bridgehead atoms. The molecule has 1 aliphatic carbocycles. The third-order valence-corrected chi connectivity index (χ3v) is 4.12. The predicted octanol–water partition coefficient (Wildman–Crippen LogP) is 3.37. The molecular formula is C16H23NO2. The Hall–Kier alpha value is -1.35. The van der Waals surface area contributed by atoms with Crippen LogP contribution in [0.1, 0.15) is 50.6 Å². The second-order valence-corrected chi connectivity index (χ2v) is 5.57. The number of benzene rings is 1. The zero-order chi connectivity index (χ0) is 13.7. The van der Waals surface area contributed by atoms with Crippen molar-refractivity contribution in [1.82, 2.24) is 5.32 Å². The quantitative estimate of drug-likeness (QED) is 0.817. The van der Waals surface area contributed by atoms with Crippen LogP contribution in [0.2, 0.25) is 0 Å². The van der Waals surface area contributed by atoms with Crippen molar-refractivity contribution in [2.24, 2.45) is 5.92 Å². The van der Waals surface area contributed by atoms with E-state index in [0.29, 0.717) is 12.0 Å². The average Bonchev–Trinajstić information content (AvgIpc) is 2.61. The average molecular weight is 261 g/mol. The minimum Gasteiger partial charge on any atom is -0.480 e. The van der Waals surface area contributed by atoms with E-state index >= 15 is 0 Å². The van der Waals surface area contributed by atoms with E-state index in [1.54, 1.807) is 0 Å². The van der Waals surface area contributed by atoms with Crippen LogP contribution in [0, 0.1) is 5.92 Å². The summed E-state index contributed by atoms with van der Waals surface area (Å²) in [5.41, 5.74) is 0.839. The summed E-state index contributed by atoms with van der Waals surface area (Å²) in [4.78, 5) is 11.5. The highest BCUT2D eigenvalue weighted by Crippen LogP contribution is 2.25. The van der Waals surface area contributed by atoms with E-state index in [4.69, 9.17) is 0 Å². The lowest BCUT2D eigenvalue weighted by molar-refractivity contribution is -0.140. The van der Waals surface area contributed by atoms with Crippen molar-refractivity contribution >= 4 is 5.97 Å². The molecule has 1 aliphatic rings. The third-order valence-electron chi connectivity index (χ3n) is 4.12. The molecule has 1 saturated carbocycles. The molecule has 2 N–H and O–H groups in total. The highest BCUT2D eigenvalue weighted by Gasteiger charge is 2.27. The van der Waals surface area contributed by atoms with Gasteiger partial charge in [-0.3, -0.25) is 10.1 Å². The summed E-state index contributed by atoms with van der Waals surface area (Å²) in [6.45, 7) is 2.23. The molecular weight excluding hydrogens is 238 g/mol. The number of hydrogen-bond acceptors (Lipinski definition) is 2. The molecule has 1 aromatic carbocycles. The van der Waals surface area contributed by atoms with Gasteiger partial charge in [-0.15, -0.1) is 0 Å². The zero-order valence-electron chi connectivity index (χ0n) is 11.5. The summed E-state index contributed by atoms with van der Waals surface area (Å²) < 4.78 is 0. The smallest absolute Gasteiger partial charge is 0.325 e. The number of carboxylic acids is 1. The van der Waals surface area contributed by atoms with Crippen molar-refractivity contribution in [3.05, 3.63) is 35.9 Å². The second-order valence-electron chi connectivity index (χ2n) is 5.57. The van der Waals surface area contributed by atoms with Crippen LogP contribution >= 0.6 is 0 Å². The Balaban J connectivity index is 2.10. The first-order valence-electron chi connectivity index (χ1n) is 7.22. The molecule has 3 heteroatoms. The maximum absolute atomic E-state index is 11.5. The van der Waals surface area contributed by atoms with Crippen molar-refractivity contribution in [3.8, 4) is 0 Å². The van der Waals surface area contributed by atoms with E-state index in [1.165, 1.54) is 25.7 Å². The lowest BCUT2D eigenvalue weighted by Crippen LogP contribution is -2.40. The molecule has 0 saturated heterocycles. The summed E-state index contributed by atoms with van der Waals surface area (Å²) in [6, 6.07) is 9.18. The minimum atomic E-state index is -0.789. The van der Waals surface area contributed by atoms with Gasteiger partial charge in [-0.25, -0.2) is 0 Å². The molecule has 3 atom stereocenters. The molecule has 2 rings (SSSR count). The van der Waals surface area contributed by atoms with Gasteiger partial charge in [-0.1, -0.05) is 56.5 Å². The number of carbonyl (C=O) groups is 1. The van der Waals surface area contributed by atoms with Crippen LogP contribution in [-0.2, 0) is 4.79 Å². The Morgan fingerprint density at radius 1 is 1.21 bits per heavy atom. The third kappa shape index (κ3) is 3.80. The van der Waals surface area contributed by atoms with Gasteiger partial charge < -0.3 is 5.11 Å². The molecule has 0 heterocycles. The highest BCUT2D eigenvalue weighted by atomic mass is 16.4. The first-order valence-corrected chi connectivity index (χ1v) is 7.22. The molecule has 0 aromatic heterocycles. The van der Waals surface area contributed by atoms with Crippen LogP contribution in [0.3, 0.4) is 0 Å². The fourth-order valence-corrected chi connectivity index (χ4v) is 2.91. The second kappa shape index (κ2) is 6.71. The topological polar surface area (TPSA) is 49.3 Å². The molecule has 19 heavy (non-hydrogen) atoms. The van der Waals surface area contributed by atoms with Gasteiger partial charge in [0, 0.05) is 6.04 Å². The van der Waals surface area contributed by atoms with Gasteiger partial charge in [0.15, 0.2) is 0 Å². The largest absolute Gasteiger partial charge is 0.480 e. The summed E-state index contributed by atoms with van der Waals surface area (Å²) in [5, 5.41) is 12.8. The fraction of sp³-hybridized carbons (Fsp3) is 0.562. The molecule has 0 spiro atoms. The molecule has 1 aromatic rings. The predicted molar refractivity (Wildman–Crippen MR) is 76.0 cm³/mol. The maximum Gasteiger partial charge on any atom is 0.325 e. The Labute approximate surface area is 115 Å². The number of nitrogens with one attached hydrogen (secondary N) is 1. The first-order chi connectivity index (χ1) is 9.18. The SMILES string of the molecule is CC1CCCCCC1NC(C(=O)O)c1ccccc1. The van der Waals surface area contributed by atoms with Gasteiger partial charge in [0.25, 0.3) is 0 Å². The molecule has 1 fully saturated rings. The van der Waals surface area contributed by atoms with E-state index in [9.17, 15) is 9.90 Å². The van der Waals surface area contributed by atoms with E-state index in [-0.39, 0.29) is 0 Å². The molecule has 3 nitrogen and oxygen atoms in total. The van der Waals surface area contributed by atoms with Crippen molar-refractivity contribution < 1.29 is 9.90 Å². The van der Waals surface area contributed by atoms with Crippen LogP contribution in [0.25, 0.3) is 0 Å². The van der Waals surface area contributed by atoms with Gasteiger partial charge in [-0.2, -0.15) is 0 Å². The van der Waals surface area contributed by atoms with Gasteiger partial charge in [0.05, 0.1) is 0 Å². The van der Waals surface area contributed by atoms with Gasteiger partial charge >= 0.3 is 5.97 Å². The summed E-state index contributed by atoms with van der Waals surface area (Å²) in [6.07, 6.45) is 6.01. The molecule has 104 valence electrons. The minimum absolute atomic E-state index is 0.309. The number of hydrogen-bond donors (Lipinski definition) is 2. The van der Waals surface area contributed by atoms with E-state index in [1.807, 2.05) is 30.3 Å². The Morgan fingerprint density at radius 3 is 2.58 bits per heavy atom. The van der Waals surface area contributed by atoms with Crippen LogP contribution in [-0.4, -0.2) is 17.1 Å². The highest BCUT2D eigenvalue weighted by molar-refractivity contribution is 5.75. The van der Waals surface area contributed by atoms with Gasteiger partial charge in [-0.05, 0) is 24.3 Å². The zero-order valence-corrected chi connectivity index (χ0v) is 11.5. The fourth-order valence-electron chi connectivity index (χ4n) is 2.91. The van der Waals surface area contributed by atoms with Gasteiger partial charge in [0.1, 0.15) is 6.04 Å². The van der Waals surface area contributed by atoms with Crippen LogP contribution in [0.5, 0.6) is 0 Å². The number of rotatable bonds is 4. The van der Waals surface area contributed by atoms with E-state index in [0.717, 1.165) is 12.0 Å². The standard InChI is InChI=1S/C16H23NO2/c1-12-8-4-2-7-11-14(12)17-15(16(18)19)13-9-5-3-6-10-13/h3,5-6,9-10,12,14-15,17H,2,4,7-8,11H2,1H3,(H,18,19). The lowest BCUT2D eigenvalue weighted by atomic mass is 9.95. The maximum atomic E-state index is 11.5. The molecule has 0 radical (unpaired) electrons. The Bertz CT molecular complexity index is 404. The monoisotopic (exact) mass is 261 g/mol. The summed E-state index contributed by atoms with van der Waals surface area (Å²) >= 11 is 0. The molecule has 0 aliphatic heterocycles. The van der Waals surface area contributed by atoms with Crippen molar-refractivity contribution in [3.63, 3.8) is 0 Å². The molecule has 0 amide bonds. The van der Waals surface area contributed by atoms with E-state index in [2.05, 4.69) is 12.2 Å². The summed E-state index contributed by atoms with van der Waals surface area (Å²) in [7, 11) is 0. The van der Waals surface area contributed by atoms with Crippen LogP contribution in [0.4, 0.5) is 0 Å².